The van der Waals surface area contributed by atoms with E-state index in [1.54, 1.807) is 12.1 Å². The van der Waals surface area contributed by atoms with Crippen molar-refractivity contribution in [1.29, 1.82) is 0 Å². The fourth-order valence-electron chi connectivity index (χ4n) is 2.58. The Balaban J connectivity index is 2.08. The Bertz CT molecular complexity index is 1010. The molecule has 0 atom stereocenters. The van der Waals surface area contributed by atoms with Crippen molar-refractivity contribution in [3.8, 4) is 0 Å². The molecule has 0 saturated heterocycles. The highest BCUT2D eigenvalue weighted by Crippen LogP contribution is 2.29. The Morgan fingerprint density at radius 3 is 2.42 bits per heavy atom. The van der Waals surface area contributed by atoms with E-state index in [1.165, 1.54) is 36.5 Å². The van der Waals surface area contributed by atoms with Gasteiger partial charge in [0, 0.05) is 5.39 Å². The molecule has 138 valence electrons. The van der Waals surface area contributed by atoms with Crippen LogP contribution in [-0.4, -0.2) is 31.3 Å². The van der Waals surface area contributed by atoms with E-state index in [-0.39, 0.29) is 10.6 Å². The third-order valence-electron chi connectivity index (χ3n) is 3.96. The average molecular weight is 383 g/mol. The highest BCUT2D eigenvalue weighted by molar-refractivity contribution is 7.92. The maximum atomic E-state index is 13.1. The molecule has 3 rings (SSSR count). The zero-order valence-corrected chi connectivity index (χ0v) is 14.6. The monoisotopic (exact) mass is 383 g/mol. The van der Waals surface area contributed by atoms with Gasteiger partial charge < -0.3 is 0 Å². The van der Waals surface area contributed by atoms with Gasteiger partial charge in [-0.25, -0.2) is 8.42 Å². The Morgan fingerprint density at radius 2 is 1.81 bits per heavy atom. The lowest BCUT2D eigenvalue weighted by atomic mass is 10.1. The third kappa shape index (κ3) is 3.67. The molecule has 0 aliphatic rings. The normalized spacial score (nSPS) is 12.5. The summed E-state index contributed by atoms with van der Waals surface area (Å²) in [6.07, 6.45) is -2.57. The zero-order valence-electron chi connectivity index (χ0n) is 13.8. The van der Waals surface area contributed by atoms with E-state index in [1.807, 2.05) is 6.92 Å². The van der Waals surface area contributed by atoms with Crippen LogP contribution in [0.1, 0.15) is 12.5 Å². The maximum absolute atomic E-state index is 13.1. The molecule has 1 N–H and O–H groups in total. The molecule has 0 aliphatic carbocycles. The second-order valence-electron chi connectivity index (χ2n) is 5.77. The first-order chi connectivity index (χ1) is 12.2. The van der Waals surface area contributed by atoms with Crippen molar-refractivity contribution in [2.75, 3.05) is 10.8 Å². The second-order valence-corrected chi connectivity index (χ2v) is 7.63. The van der Waals surface area contributed by atoms with Gasteiger partial charge in [-0.2, -0.15) is 18.3 Å². The predicted molar refractivity (Wildman–Crippen MR) is 92.5 cm³/mol. The number of alkyl halides is 3. The smallest absolute Gasteiger partial charge is 0.278 e. The summed E-state index contributed by atoms with van der Waals surface area (Å²) in [7, 11) is -4.40. The molecule has 0 spiro atoms. The quantitative estimate of drug-likeness (QED) is 0.727. The van der Waals surface area contributed by atoms with Gasteiger partial charge in [0.1, 0.15) is 6.54 Å². The number of halogens is 3. The van der Waals surface area contributed by atoms with Crippen LogP contribution in [0.5, 0.6) is 0 Å². The van der Waals surface area contributed by atoms with Crippen molar-refractivity contribution in [3.63, 3.8) is 0 Å². The lowest BCUT2D eigenvalue weighted by Crippen LogP contribution is -2.39. The number of aromatic nitrogens is 2. The summed E-state index contributed by atoms with van der Waals surface area (Å²) in [5, 5.41) is 6.96. The average Bonchev–Trinajstić information content (AvgIpc) is 3.06. The van der Waals surface area contributed by atoms with Crippen LogP contribution >= 0.6 is 0 Å². The first-order valence-corrected chi connectivity index (χ1v) is 9.26. The summed E-state index contributed by atoms with van der Waals surface area (Å²) >= 11 is 0. The van der Waals surface area contributed by atoms with Crippen molar-refractivity contribution in [2.24, 2.45) is 0 Å². The Morgan fingerprint density at radius 1 is 1.12 bits per heavy atom. The molecule has 9 heteroatoms. The third-order valence-corrected chi connectivity index (χ3v) is 5.72. The fraction of sp³-hybridized carbons (Fsp3) is 0.235. The van der Waals surface area contributed by atoms with Crippen LogP contribution in [0.15, 0.2) is 53.6 Å². The molecule has 1 heterocycles. The minimum Gasteiger partial charge on any atom is -0.278 e. The van der Waals surface area contributed by atoms with E-state index >= 15 is 0 Å². The second kappa shape index (κ2) is 6.64. The van der Waals surface area contributed by atoms with Gasteiger partial charge in [0.25, 0.3) is 10.0 Å². The largest absolute Gasteiger partial charge is 0.407 e. The van der Waals surface area contributed by atoms with E-state index in [9.17, 15) is 21.6 Å². The number of nitrogens with zero attached hydrogens (tertiary/aromatic N) is 2. The molecule has 0 unspecified atom stereocenters. The van der Waals surface area contributed by atoms with Crippen molar-refractivity contribution < 1.29 is 21.6 Å². The molecule has 3 aromatic rings. The first-order valence-electron chi connectivity index (χ1n) is 7.82. The van der Waals surface area contributed by atoms with E-state index in [4.69, 9.17) is 0 Å². The van der Waals surface area contributed by atoms with Crippen LogP contribution in [0.2, 0.25) is 0 Å². The minimum atomic E-state index is -4.68. The van der Waals surface area contributed by atoms with Crippen molar-refractivity contribution in [3.05, 3.63) is 54.2 Å². The molecule has 5 nitrogen and oxygen atoms in total. The van der Waals surface area contributed by atoms with Gasteiger partial charge >= 0.3 is 6.18 Å². The van der Waals surface area contributed by atoms with Gasteiger partial charge in [-0.1, -0.05) is 19.1 Å². The molecule has 0 aliphatic heterocycles. The molecule has 2 aromatic carbocycles. The van der Waals surface area contributed by atoms with Crippen LogP contribution in [0.4, 0.5) is 18.9 Å². The summed E-state index contributed by atoms with van der Waals surface area (Å²) in [4.78, 5) is -0.227. The SMILES string of the molecule is CCc1ccc(N(CC(F)(F)F)S(=O)(=O)c2ccc3[nH]ncc3c2)cc1. The zero-order chi connectivity index (χ0) is 18.9. The van der Waals surface area contributed by atoms with Gasteiger partial charge in [-0.05, 0) is 42.3 Å². The van der Waals surface area contributed by atoms with Crippen molar-refractivity contribution in [2.45, 2.75) is 24.4 Å². The highest BCUT2D eigenvalue weighted by atomic mass is 32.2. The number of nitrogens with one attached hydrogen (secondary N) is 1. The standard InChI is InChI=1S/C17H16F3N3O2S/c1-2-12-3-5-14(6-4-12)23(11-17(18,19)20)26(24,25)15-7-8-16-13(9-15)10-21-22-16/h3-10H,2,11H2,1H3,(H,21,22). The molecule has 1 aromatic heterocycles. The molecule has 0 saturated carbocycles. The number of anilines is 1. The van der Waals surface area contributed by atoms with E-state index in [0.717, 1.165) is 5.56 Å². The van der Waals surface area contributed by atoms with Gasteiger partial charge in [-0.15, -0.1) is 0 Å². The maximum Gasteiger partial charge on any atom is 0.407 e. The number of aromatic amines is 1. The molecule has 0 bridgehead atoms. The Labute approximate surface area is 148 Å². The summed E-state index contributed by atoms with van der Waals surface area (Å²) in [6, 6.07) is 10.1. The number of hydrogen-bond donors (Lipinski definition) is 1. The van der Waals surface area contributed by atoms with Crippen LogP contribution in [-0.2, 0) is 16.4 Å². The fourth-order valence-corrected chi connectivity index (χ4v) is 4.07. The molecule has 26 heavy (non-hydrogen) atoms. The first kappa shape index (κ1) is 18.2. The Kier molecular flexibility index (Phi) is 4.66. The Hall–Kier alpha value is -2.55. The molecule has 0 radical (unpaired) electrons. The summed E-state index contributed by atoms with van der Waals surface area (Å²) in [5.74, 6) is 0. The number of aryl methyl sites for hydroxylation is 1. The van der Waals surface area contributed by atoms with Gasteiger partial charge in [0.05, 0.1) is 22.3 Å². The van der Waals surface area contributed by atoms with E-state index in [0.29, 0.717) is 21.6 Å². The molecule has 0 amide bonds. The highest BCUT2D eigenvalue weighted by Gasteiger charge is 2.37. The van der Waals surface area contributed by atoms with Crippen molar-refractivity contribution in [1.82, 2.24) is 10.2 Å². The molecule has 0 fully saturated rings. The van der Waals surface area contributed by atoms with Crippen LogP contribution in [0, 0.1) is 0 Å². The number of sulfonamides is 1. The predicted octanol–water partition coefficient (Wildman–Crippen LogP) is 3.88. The number of hydrogen-bond acceptors (Lipinski definition) is 3. The molecular weight excluding hydrogens is 367 g/mol. The topological polar surface area (TPSA) is 66.1 Å². The van der Waals surface area contributed by atoms with Gasteiger partial charge in [0.2, 0.25) is 0 Å². The lowest BCUT2D eigenvalue weighted by molar-refractivity contribution is -0.117. The van der Waals surface area contributed by atoms with Gasteiger partial charge in [-0.3, -0.25) is 9.40 Å². The summed E-state index contributed by atoms with van der Waals surface area (Å²) in [6.45, 7) is 0.295. The number of fused-ring (bicyclic) bond motifs is 1. The van der Waals surface area contributed by atoms with Crippen LogP contribution in [0.25, 0.3) is 10.9 Å². The molecular formula is C17H16F3N3O2S. The summed E-state index contributed by atoms with van der Waals surface area (Å²) in [5.41, 5.74) is 1.46. The lowest BCUT2D eigenvalue weighted by Gasteiger charge is -2.25. The summed E-state index contributed by atoms with van der Waals surface area (Å²) < 4.78 is 65.4. The van der Waals surface area contributed by atoms with Crippen LogP contribution < -0.4 is 4.31 Å². The van der Waals surface area contributed by atoms with E-state index in [2.05, 4.69) is 10.2 Å². The van der Waals surface area contributed by atoms with E-state index < -0.39 is 22.7 Å². The number of rotatable bonds is 5. The van der Waals surface area contributed by atoms with Crippen molar-refractivity contribution >= 4 is 26.6 Å². The van der Waals surface area contributed by atoms with Gasteiger partial charge in [0.15, 0.2) is 0 Å². The minimum absolute atomic E-state index is 0.0354. The number of benzene rings is 2. The van der Waals surface area contributed by atoms with Crippen LogP contribution in [0.3, 0.4) is 0 Å². The number of H-pyrrole nitrogens is 1.